The summed E-state index contributed by atoms with van der Waals surface area (Å²) in [6.07, 6.45) is 11.5. The molecule has 4 aliphatic heterocycles. The second-order valence-electron chi connectivity index (χ2n) is 11.8. The topological polar surface area (TPSA) is 99.6 Å². The molecule has 3 amide bonds. The van der Waals surface area contributed by atoms with E-state index in [1.807, 2.05) is 69.3 Å². The molecule has 1 spiro atoms. The van der Waals surface area contributed by atoms with Crippen LogP contribution in [-0.2, 0) is 19.1 Å². The Kier molecular flexibility index (Phi) is 8.81. The minimum absolute atomic E-state index is 0.179. The molecule has 2 saturated heterocycles. The highest BCUT2D eigenvalue weighted by Gasteiger charge is 2.75. The summed E-state index contributed by atoms with van der Waals surface area (Å²) < 4.78 is 12.6. The van der Waals surface area contributed by atoms with Crippen molar-refractivity contribution in [3.63, 3.8) is 0 Å². The van der Waals surface area contributed by atoms with Crippen molar-refractivity contribution in [2.24, 2.45) is 11.8 Å². The van der Waals surface area contributed by atoms with Gasteiger partial charge in [-0.05, 0) is 50.5 Å². The molecule has 1 aromatic carbocycles. The van der Waals surface area contributed by atoms with Gasteiger partial charge in [-0.25, -0.2) is 0 Å². The number of anilines is 1. The lowest BCUT2D eigenvalue weighted by molar-refractivity contribution is -0.155. The number of hydrogen-bond acceptors (Lipinski definition) is 6. The van der Waals surface area contributed by atoms with Gasteiger partial charge in [-0.1, -0.05) is 57.9 Å². The lowest BCUT2D eigenvalue weighted by Gasteiger charge is -2.40. The number of likely N-dealkylation sites (tertiary alicyclic amines) is 1. The first kappa shape index (κ1) is 30.3. The predicted octanol–water partition coefficient (Wildman–Crippen LogP) is 3.71. The minimum Gasteiger partial charge on any atom is -0.494 e. The van der Waals surface area contributed by atoms with E-state index in [1.165, 1.54) is 0 Å². The van der Waals surface area contributed by atoms with Gasteiger partial charge < -0.3 is 29.3 Å². The van der Waals surface area contributed by atoms with E-state index in [0.717, 1.165) is 25.0 Å². The van der Waals surface area contributed by atoms with Crippen LogP contribution in [-0.4, -0.2) is 88.8 Å². The second kappa shape index (κ2) is 12.2. The number of carbonyl (C=O) groups excluding carboxylic acids is 3. The standard InChI is InChI=1S/C33H45N3O6/c1-5-9-10-19-34-20-12-18-33-27(30(39)36(23(6-2)22-37)28(33)31(34)40)26-29(38)35(21-11-17-32(26,7-3)42-33)24-13-15-25(16-14-24)41-8-4/h11-18,23,26-28,37H,5-10,19-22H2,1-4H3/t23-,26+,27-,28?,32-,33-/m0/s1. The van der Waals surface area contributed by atoms with Gasteiger partial charge in [-0.15, -0.1) is 0 Å². The third-order valence-electron chi connectivity index (χ3n) is 9.53. The number of aliphatic hydroxyl groups excluding tert-OH is 1. The van der Waals surface area contributed by atoms with Crippen LogP contribution in [0.3, 0.4) is 0 Å². The van der Waals surface area contributed by atoms with Crippen LogP contribution in [0.5, 0.6) is 5.75 Å². The first-order chi connectivity index (χ1) is 20.3. The van der Waals surface area contributed by atoms with Crippen molar-refractivity contribution >= 4 is 23.4 Å². The van der Waals surface area contributed by atoms with Gasteiger partial charge >= 0.3 is 0 Å². The molecule has 2 fully saturated rings. The third kappa shape index (κ3) is 4.74. The number of nitrogens with zero attached hydrogens (tertiary/aromatic N) is 3. The second-order valence-corrected chi connectivity index (χ2v) is 11.8. The number of benzene rings is 1. The Morgan fingerprint density at radius 1 is 0.952 bits per heavy atom. The molecule has 0 radical (unpaired) electrons. The average molecular weight is 580 g/mol. The van der Waals surface area contributed by atoms with Crippen LogP contribution in [0.25, 0.3) is 0 Å². The maximum absolute atomic E-state index is 14.6. The summed E-state index contributed by atoms with van der Waals surface area (Å²) in [5.41, 5.74) is -1.67. The third-order valence-corrected chi connectivity index (χ3v) is 9.53. The highest BCUT2D eigenvalue weighted by molar-refractivity contribution is 6.04. The molecule has 5 rings (SSSR count). The number of rotatable bonds is 11. The summed E-state index contributed by atoms with van der Waals surface area (Å²) in [6.45, 7) is 9.51. The molecule has 4 aliphatic rings. The van der Waals surface area contributed by atoms with E-state index in [1.54, 1.807) is 14.7 Å². The fraction of sp³-hybridized carbons (Fsp3) is 0.606. The van der Waals surface area contributed by atoms with Crippen LogP contribution in [0.2, 0.25) is 0 Å². The predicted molar refractivity (Wildman–Crippen MR) is 160 cm³/mol. The maximum Gasteiger partial charge on any atom is 0.249 e. The van der Waals surface area contributed by atoms with Gasteiger partial charge in [0.2, 0.25) is 17.7 Å². The van der Waals surface area contributed by atoms with E-state index in [9.17, 15) is 19.5 Å². The SMILES string of the molecule is CCCCCN1CC=C[C@]23O[C@@]4(CC)C=CCN(c5ccc(OCC)cc5)C(=O)[C@H]4[C@H]2C(=O)N([C@@H](CC)CO)C3C1=O. The normalized spacial score (nSPS) is 31.1. The molecule has 42 heavy (non-hydrogen) atoms. The Morgan fingerprint density at radius 2 is 1.69 bits per heavy atom. The molecule has 1 unspecified atom stereocenters. The Bertz CT molecular complexity index is 1230. The molecule has 228 valence electrons. The molecule has 0 aliphatic carbocycles. The molecule has 0 aromatic heterocycles. The lowest BCUT2D eigenvalue weighted by Crippen LogP contribution is -2.58. The van der Waals surface area contributed by atoms with Crippen molar-refractivity contribution in [2.75, 3.05) is 37.7 Å². The van der Waals surface area contributed by atoms with Gasteiger partial charge in [0.05, 0.1) is 36.7 Å². The molecular weight excluding hydrogens is 534 g/mol. The molecular formula is C33H45N3O6. The van der Waals surface area contributed by atoms with Crippen LogP contribution in [0.1, 0.15) is 59.8 Å². The quantitative estimate of drug-likeness (QED) is 0.317. The van der Waals surface area contributed by atoms with Crippen LogP contribution in [0, 0.1) is 11.8 Å². The minimum atomic E-state index is -1.32. The zero-order valence-electron chi connectivity index (χ0n) is 25.3. The number of unbranched alkanes of at least 4 members (excludes halogenated alkanes) is 2. The van der Waals surface area contributed by atoms with E-state index in [0.29, 0.717) is 44.8 Å². The number of fused-ring (bicyclic) bond motifs is 2. The Morgan fingerprint density at radius 3 is 2.33 bits per heavy atom. The number of ether oxygens (including phenoxy) is 2. The molecule has 4 heterocycles. The van der Waals surface area contributed by atoms with Crippen molar-refractivity contribution in [1.29, 1.82) is 0 Å². The number of amides is 3. The van der Waals surface area contributed by atoms with Gasteiger partial charge in [0, 0.05) is 25.3 Å². The zero-order valence-corrected chi connectivity index (χ0v) is 25.3. The Hall–Kier alpha value is -3.17. The average Bonchev–Trinajstić information content (AvgIpc) is 3.29. The Labute approximate surface area is 249 Å². The Balaban J connectivity index is 1.60. The number of aliphatic hydroxyl groups is 1. The van der Waals surface area contributed by atoms with Gasteiger partial charge in [-0.2, -0.15) is 0 Å². The van der Waals surface area contributed by atoms with E-state index in [4.69, 9.17) is 9.47 Å². The summed E-state index contributed by atoms with van der Waals surface area (Å²) in [7, 11) is 0. The summed E-state index contributed by atoms with van der Waals surface area (Å²) in [6, 6.07) is 5.88. The summed E-state index contributed by atoms with van der Waals surface area (Å²) in [5.74, 6) is -1.71. The van der Waals surface area contributed by atoms with E-state index in [2.05, 4.69) is 6.92 Å². The molecule has 1 aromatic rings. The van der Waals surface area contributed by atoms with Crippen molar-refractivity contribution in [1.82, 2.24) is 9.80 Å². The first-order valence-electron chi connectivity index (χ1n) is 15.6. The van der Waals surface area contributed by atoms with Crippen LogP contribution in [0.15, 0.2) is 48.6 Å². The molecule has 1 N–H and O–H groups in total. The lowest BCUT2D eigenvalue weighted by atomic mass is 9.73. The monoisotopic (exact) mass is 579 g/mol. The maximum atomic E-state index is 14.6. The van der Waals surface area contributed by atoms with Crippen LogP contribution < -0.4 is 9.64 Å². The smallest absolute Gasteiger partial charge is 0.249 e. The molecule has 0 saturated carbocycles. The number of carbonyl (C=O) groups is 3. The molecule has 9 nitrogen and oxygen atoms in total. The fourth-order valence-corrected chi connectivity index (χ4v) is 7.43. The molecule has 9 heteroatoms. The summed E-state index contributed by atoms with van der Waals surface area (Å²) in [4.78, 5) is 48.6. The van der Waals surface area contributed by atoms with Gasteiger partial charge in [-0.3, -0.25) is 14.4 Å². The van der Waals surface area contributed by atoms with Gasteiger partial charge in [0.1, 0.15) is 17.4 Å². The summed E-state index contributed by atoms with van der Waals surface area (Å²) >= 11 is 0. The van der Waals surface area contributed by atoms with Crippen molar-refractivity contribution in [3.8, 4) is 5.75 Å². The molecule has 0 bridgehead atoms. The van der Waals surface area contributed by atoms with Crippen LogP contribution in [0.4, 0.5) is 5.69 Å². The highest BCUT2D eigenvalue weighted by atomic mass is 16.5. The highest BCUT2D eigenvalue weighted by Crippen LogP contribution is 2.59. The van der Waals surface area contributed by atoms with E-state index >= 15 is 0 Å². The van der Waals surface area contributed by atoms with Crippen LogP contribution >= 0.6 is 0 Å². The van der Waals surface area contributed by atoms with Gasteiger partial charge in [0.15, 0.2) is 0 Å². The summed E-state index contributed by atoms with van der Waals surface area (Å²) in [5, 5.41) is 10.4. The van der Waals surface area contributed by atoms with E-state index < -0.39 is 35.1 Å². The largest absolute Gasteiger partial charge is 0.494 e. The number of hydrogen-bond donors (Lipinski definition) is 1. The fourth-order valence-electron chi connectivity index (χ4n) is 7.43. The van der Waals surface area contributed by atoms with Gasteiger partial charge in [0.25, 0.3) is 0 Å². The van der Waals surface area contributed by atoms with Crippen molar-refractivity contribution < 1.29 is 29.0 Å². The molecule has 6 atom stereocenters. The van der Waals surface area contributed by atoms with Crippen molar-refractivity contribution in [2.45, 2.75) is 83.1 Å². The first-order valence-corrected chi connectivity index (χ1v) is 15.6. The van der Waals surface area contributed by atoms with Crippen molar-refractivity contribution in [3.05, 3.63) is 48.6 Å². The van der Waals surface area contributed by atoms with E-state index in [-0.39, 0.29) is 24.3 Å². The zero-order chi connectivity index (χ0) is 30.1.